The molecule has 11 heteroatoms. The zero-order valence-corrected chi connectivity index (χ0v) is 20.0. The highest BCUT2D eigenvalue weighted by Gasteiger charge is 2.42. The van der Waals surface area contributed by atoms with Crippen LogP contribution in [0.15, 0.2) is 40.2 Å². The smallest absolute Gasteiger partial charge is 0.326 e. The van der Waals surface area contributed by atoms with Gasteiger partial charge in [-0.1, -0.05) is 19.1 Å². The molecule has 1 saturated heterocycles. The van der Waals surface area contributed by atoms with Crippen LogP contribution in [0, 0.1) is 0 Å². The largest absolute Gasteiger partial charge is 0.332 e. The first-order valence-electron chi connectivity index (χ1n) is 11.5. The molecule has 1 aliphatic rings. The quantitative estimate of drug-likeness (QED) is 0.483. The van der Waals surface area contributed by atoms with E-state index in [1.165, 1.54) is 17.9 Å². The van der Waals surface area contributed by atoms with Crippen molar-refractivity contribution in [1.82, 2.24) is 24.0 Å². The third-order valence-electron chi connectivity index (χ3n) is 6.81. The lowest BCUT2D eigenvalue weighted by Crippen LogP contribution is -2.51. The second-order valence-electron chi connectivity index (χ2n) is 8.86. The van der Waals surface area contributed by atoms with E-state index in [9.17, 15) is 24.0 Å². The first-order valence-corrected chi connectivity index (χ1v) is 11.5. The minimum atomic E-state index is -0.745. The van der Waals surface area contributed by atoms with Gasteiger partial charge in [0.05, 0.1) is 11.7 Å². The lowest BCUT2D eigenvalue weighted by Gasteiger charge is -2.35. The maximum absolute atomic E-state index is 12.5. The minimum absolute atomic E-state index is 0.186. The van der Waals surface area contributed by atoms with E-state index < -0.39 is 16.7 Å². The minimum Gasteiger partial charge on any atom is -0.326 e. The number of hydrogen-bond donors (Lipinski definition) is 2. The van der Waals surface area contributed by atoms with Crippen LogP contribution in [0.2, 0.25) is 0 Å². The van der Waals surface area contributed by atoms with Gasteiger partial charge in [0.1, 0.15) is 0 Å². The van der Waals surface area contributed by atoms with Gasteiger partial charge < -0.3 is 9.88 Å². The number of nitrogens with zero attached hydrogens (tertiary/aromatic N) is 4. The normalized spacial score (nSPS) is 18.0. The molecule has 2 aromatic heterocycles. The van der Waals surface area contributed by atoms with Crippen LogP contribution in [0.1, 0.15) is 44.6 Å². The number of nitrogens with one attached hydrogen (secondary N) is 2. The van der Waals surface area contributed by atoms with Gasteiger partial charge in [0.25, 0.3) is 5.56 Å². The van der Waals surface area contributed by atoms with Crippen LogP contribution in [0.5, 0.6) is 0 Å². The Labute approximate surface area is 200 Å². The molecule has 3 aromatic rings. The topological polar surface area (TPSA) is 137 Å². The standard InChI is InChI=1S/C24H28N6O5/c1-4-24(12-11-18(32)27-22(24)34)15-7-9-16(10-8-15)26-17(31)6-5-13-30-14-25-20-19(30)21(33)29(3)23(35)28(20)2/h7-10,14H,4-6,11-13H2,1-3H3,(H,26,31)(H,27,32,34). The number of fused-ring (bicyclic) bond motifs is 1. The summed E-state index contributed by atoms with van der Waals surface area (Å²) < 4.78 is 4.01. The zero-order valence-electron chi connectivity index (χ0n) is 20.0. The molecule has 0 spiro atoms. The van der Waals surface area contributed by atoms with Crippen molar-refractivity contribution in [3.8, 4) is 0 Å². The van der Waals surface area contributed by atoms with Gasteiger partial charge in [-0.25, -0.2) is 9.78 Å². The monoisotopic (exact) mass is 480 g/mol. The van der Waals surface area contributed by atoms with E-state index in [4.69, 9.17) is 0 Å². The van der Waals surface area contributed by atoms with E-state index in [1.807, 2.05) is 19.1 Å². The Morgan fingerprint density at radius 1 is 1.11 bits per heavy atom. The van der Waals surface area contributed by atoms with Crippen molar-refractivity contribution in [3.05, 3.63) is 57.0 Å². The van der Waals surface area contributed by atoms with Crippen LogP contribution in [0.4, 0.5) is 5.69 Å². The number of imide groups is 1. The van der Waals surface area contributed by atoms with Gasteiger partial charge in [-0.2, -0.15) is 0 Å². The average Bonchev–Trinajstić information content (AvgIpc) is 3.26. The van der Waals surface area contributed by atoms with Gasteiger partial charge in [-0.05, 0) is 37.0 Å². The fraction of sp³-hybridized carbons (Fsp3) is 0.417. The summed E-state index contributed by atoms with van der Waals surface area (Å²) in [6, 6.07) is 7.13. The molecule has 4 rings (SSSR count). The van der Waals surface area contributed by atoms with E-state index in [0.717, 1.165) is 10.1 Å². The summed E-state index contributed by atoms with van der Waals surface area (Å²) in [5.74, 6) is -0.722. The molecule has 35 heavy (non-hydrogen) atoms. The third kappa shape index (κ3) is 4.29. The van der Waals surface area contributed by atoms with Crippen LogP contribution in [0.25, 0.3) is 11.2 Å². The van der Waals surface area contributed by atoms with E-state index >= 15 is 0 Å². The van der Waals surface area contributed by atoms with Crippen molar-refractivity contribution in [2.45, 2.75) is 51.0 Å². The number of carbonyl (C=O) groups excluding carboxylic acids is 3. The summed E-state index contributed by atoms with van der Waals surface area (Å²) >= 11 is 0. The van der Waals surface area contributed by atoms with Crippen molar-refractivity contribution in [3.63, 3.8) is 0 Å². The molecule has 0 saturated carbocycles. The molecule has 3 amide bonds. The predicted molar refractivity (Wildman–Crippen MR) is 129 cm³/mol. The van der Waals surface area contributed by atoms with Crippen molar-refractivity contribution < 1.29 is 14.4 Å². The molecule has 1 unspecified atom stereocenters. The van der Waals surface area contributed by atoms with E-state index in [2.05, 4.69) is 15.6 Å². The molecular formula is C24H28N6O5. The number of benzene rings is 1. The fourth-order valence-electron chi connectivity index (χ4n) is 4.64. The van der Waals surface area contributed by atoms with Crippen LogP contribution in [-0.4, -0.2) is 36.4 Å². The number of amides is 3. The third-order valence-corrected chi connectivity index (χ3v) is 6.81. The molecular weight excluding hydrogens is 452 g/mol. The van der Waals surface area contributed by atoms with Gasteiger partial charge in [-0.3, -0.25) is 33.6 Å². The zero-order chi connectivity index (χ0) is 25.3. The van der Waals surface area contributed by atoms with Crippen molar-refractivity contribution in [1.29, 1.82) is 0 Å². The Morgan fingerprint density at radius 3 is 2.49 bits per heavy atom. The molecule has 1 aliphatic heterocycles. The predicted octanol–water partition coefficient (Wildman–Crippen LogP) is 0.937. The molecule has 3 heterocycles. The van der Waals surface area contributed by atoms with Crippen LogP contribution >= 0.6 is 0 Å². The number of anilines is 1. The first kappa shape index (κ1) is 24.1. The summed E-state index contributed by atoms with van der Waals surface area (Å²) in [7, 11) is 2.98. The Hall–Kier alpha value is -4.02. The summed E-state index contributed by atoms with van der Waals surface area (Å²) in [6.45, 7) is 2.31. The molecule has 0 bridgehead atoms. The number of hydrogen-bond acceptors (Lipinski definition) is 6. The summed E-state index contributed by atoms with van der Waals surface area (Å²) in [5.41, 5.74) is 0.434. The number of carbonyl (C=O) groups is 3. The number of aryl methyl sites for hydroxylation is 2. The Morgan fingerprint density at radius 2 is 1.83 bits per heavy atom. The molecule has 0 radical (unpaired) electrons. The van der Waals surface area contributed by atoms with Crippen LogP contribution in [0.3, 0.4) is 0 Å². The SMILES string of the molecule is CCC1(c2ccc(NC(=O)CCCn3cnc4c3c(=O)n(C)c(=O)n4C)cc2)CCC(=O)NC1=O. The van der Waals surface area contributed by atoms with Crippen LogP contribution in [-0.2, 0) is 40.4 Å². The number of piperidine rings is 1. The average molecular weight is 481 g/mol. The molecule has 11 nitrogen and oxygen atoms in total. The molecule has 184 valence electrons. The number of rotatable bonds is 7. The highest BCUT2D eigenvalue weighted by atomic mass is 16.2. The fourth-order valence-corrected chi connectivity index (χ4v) is 4.64. The molecule has 1 atom stereocenters. The number of imidazole rings is 1. The van der Waals surface area contributed by atoms with Crippen molar-refractivity contribution >= 4 is 34.6 Å². The van der Waals surface area contributed by atoms with Crippen molar-refractivity contribution in [2.75, 3.05) is 5.32 Å². The molecule has 0 aliphatic carbocycles. The van der Waals surface area contributed by atoms with E-state index in [1.54, 1.807) is 23.7 Å². The highest BCUT2D eigenvalue weighted by molar-refractivity contribution is 6.03. The van der Waals surface area contributed by atoms with Gasteiger partial charge in [0.2, 0.25) is 17.7 Å². The van der Waals surface area contributed by atoms with Gasteiger partial charge in [-0.15, -0.1) is 0 Å². The van der Waals surface area contributed by atoms with Gasteiger partial charge in [0.15, 0.2) is 11.2 Å². The lowest BCUT2D eigenvalue weighted by molar-refractivity contribution is -0.138. The Balaban J connectivity index is 1.39. The number of aromatic nitrogens is 4. The molecule has 2 N–H and O–H groups in total. The first-order chi connectivity index (χ1) is 16.7. The highest BCUT2D eigenvalue weighted by Crippen LogP contribution is 2.36. The van der Waals surface area contributed by atoms with Gasteiger partial charge in [0, 0.05) is 39.2 Å². The maximum atomic E-state index is 12.5. The second kappa shape index (κ2) is 9.32. The van der Waals surface area contributed by atoms with Crippen LogP contribution < -0.4 is 21.9 Å². The van der Waals surface area contributed by atoms with E-state index in [-0.39, 0.29) is 24.1 Å². The molecule has 1 fully saturated rings. The molecule has 1 aromatic carbocycles. The maximum Gasteiger partial charge on any atom is 0.332 e. The lowest BCUT2D eigenvalue weighted by atomic mass is 9.72. The Kier molecular flexibility index (Phi) is 6.42. The summed E-state index contributed by atoms with van der Waals surface area (Å²) in [4.78, 5) is 65.3. The van der Waals surface area contributed by atoms with E-state index in [0.29, 0.717) is 49.1 Å². The Bertz CT molecular complexity index is 1430. The second-order valence-corrected chi connectivity index (χ2v) is 8.86. The van der Waals surface area contributed by atoms with Gasteiger partial charge >= 0.3 is 5.69 Å². The summed E-state index contributed by atoms with van der Waals surface area (Å²) in [6.07, 6.45) is 3.51. The summed E-state index contributed by atoms with van der Waals surface area (Å²) in [5, 5.41) is 5.28. The van der Waals surface area contributed by atoms with Crippen molar-refractivity contribution in [2.24, 2.45) is 14.1 Å².